The highest BCUT2D eigenvalue weighted by Crippen LogP contribution is 2.25. The smallest absolute Gasteiger partial charge is 0.275 e. The fourth-order valence-electron chi connectivity index (χ4n) is 2.39. The fraction of sp³-hybridized carbons (Fsp3) is 0.111. The van der Waals surface area contributed by atoms with Crippen LogP contribution in [0.25, 0.3) is 10.8 Å². The lowest BCUT2D eigenvalue weighted by atomic mass is 10.1. The molecule has 2 aromatic carbocycles. The molecule has 0 aliphatic rings. The van der Waals surface area contributed by atoms with E-state index in [-0.39, 0.29) is 5.91 Å². The molecule has 5 nitrogen and oxygen atoms in total. The van der Waals surface area contributed by atoms with Crippen molar-refractivity contribution in [3.05, 3.63) is 66.0 Å². The van der Waals surface area contributed by atoms with Gasteiger partial charge in [-0.15, -0.1) is 0 Å². The molecular weight excluding hydrogens is 290 g/mol. The highest BCUT2D eigenvalue weighted by molar-refractivity contribution is 6.01. The van der Waals surface area contributed by atoms with E-state index in [0.717, 1.165) is 16.5 Å². The largest absolute Gasteiger partial charge is 0.496 e. The fourth-order valence-corrected chi connectivity index (χ4v) is 2.39. The van der Waals surface area contributed by atoms with E-state index in [9.17, 15) is 4.79 Å². The van der Waals surface area contributed by atoms with Gasteiger partial charge in [0.15, 0.2) is 0 Å². The summed E-state index contributed by atoms with van der Waals surface area (Å²) in [6, 6.07) is 15.3. The number of hydrazone groups is 1. The Labute approximate surface area is 134 Å². The number of nitrogens with one attached hydrogen (secondary N) is 1. The van der Waals surface area contributed by atoms with E-state index in [0.29, 0.717) is 11.3 Å². The van der Waals surface area contributed by atoms with Crippen LogP contribution in [-0.2, 0) is 7.05 Å². The second-order valence-corrected chi connectivity index (χ2v) is 5.14. The number of hydrogen-bond donors (Lipinski definition) is 1. The number of aromatic nitrogens is 1. The highest BCUT2D eigenvalue weighted by Gasteiger charge is 2.13. The number of carbonyl (C=O) groups excluding carboxylic acids is 1. The Kier molecular flexibility index (Phi) is 4.10. The quantitative estimate of drug-likeness (QED) is 0.595. The second kappa shape index (κ2) is 6.36. The van der Waals surface area contributed by atoms with Crippen LogP contribution in [0.2, 0.25) is 0 Å². The number of rotatable bonds is 4. The Balaban J connectivity index is 1.85. The third kappa shape index (κ3) is 3.08. The first-order chi connectivity index (χ1) is 11.2. The number of fused-ring (bicyclic) bond motifs is 1. The molecule has 0 atom stereocenters. The van der Waals surface area contributed by atoms with Crippen LogP contribution >= 0.6 is 0 Å². The van der Waals surface area contributed by atoms with Crippen molar-refractivity contribution in [2.75, 3.05) is 7.11 Å². The van der Waals surface area contributed by atoms with Crippen molar-refractivity contribution in [2.45, 2.75) is 0 Å². The maximum absolute atomic E-state index is 12.4. The van der Waals surface area contributed by atoms with E-state index < -0.39 is 0 Å². The van der Waals surface area contributed by atoms with Gasteiger partial charge in [-0.2, -0.15) is 5.10 Å². The van der Waals surface area contributed by atoms with Crippen LogP contribution in [-0.4, -0.2) is 23.8 Å². The number of amides is 1. The average Bonchev–Trinajstić information content (AvgIpc) is 2.98. The van der Waals surface area contributed by atoms with Gasteiger partial charge in [0.05, 0.1) is 24.6 Å². The molecule has 0 fully saturated rings. The van der Waals surface area contributed by atoms with Gasteiger partial charge < -0.3 is 9.30 Å². The van der Waals surface area contributed by atoms with Gasteiger partial charge in [-0.3, -0.25) is 4.79 Å². The zero-order chi connectivity index (χ0) is 16.2. The van der Waals surface area contributed by atoms with Gasteiger partial charge in [0.1, 0.15) is 5.75 Å². The van der Waals surface area contributed by atoms with E-state index in [1.54, 1.807) is 13.3 Å². The van der Waals surface area contributed by atoms with Crippen LogP contribution in [0.15, 0.2) is 59.8 Å². The summed E-state index contributed by atoms with van der Waals surface area (Å²) < 4.78 is 7.24. The summed E-state index contributed by atoms with van der Waals surface area (Å²) in [6.07, 6.45) is 3.51. The highest BCUT2D eigenvalue weighted by atomic mass is 16.5. The molecule has 3 aromatic rings. The van der Waals surface area contributed by atoms with Crippen LogP contribution in [0.3, 0.4) is 0 Å². The molecule has 1 N–H and O–H groups in total. The normalized spacial score (nSPS) is 11.0. The summed E-state index contributed by atoms with van der Waals surface area (Å²) in [5.41, 5.74) is 3.89. The van der Waals surface area contributed by atoms with Crippen LogP contribution in [0.4, 0.5) is 0 Å². The Morgan fingerprint density at radius 2 is 1.91 bits per heavy atom. The molecule has 0 spiro atoms. The van der Waals surface area contributed by atoms with E-state index >= 15 is 0 Å². The lowest BCUT2D eigenvalue weighted by molar-refractivity contribution is 0.0952. The van der Waals surface area contributed by atoms with Crippen LogP contribution in [0, 0.1) is 0 Å². The molecule has 1 aromatic heterocycles. The molecule has 0 aliphatic carbocycles. The van der Waals surface area contributed by atoms with Gasteiger partial charge in [-0.05, 0) is 35.0 Å². The minimum absolute atomic E-state index is 0.307. The van der Waals surface area contributed by atoms with Crippen molar-refractivity contribution < 1.29 is 9.53 Å². The number of carbonyl (C=O) groups is 1. The molecule has 1 heterocycles. The maximum atomic E-state index is 12.4. The molecule has 1 amide bonds. The molecule has 0 bridgehead atoms. The molecule has 116 valence electrons. The molecule has 0 aliphatic heterocycles. The Morgan fingerprint density at radius 1 is 1.17 bits per heavy atom. The van der Waals surface area contributed by atoms with E-state index in [1.165, 1.54) is 0 Å². The summed E-state index contributed by atoms with van der Waals surface area (Å²) >= 11 is 0. The number of benzene rings is 2. The zero-order valence-electron chi connectivity index (χ0n) is 13.0. The average molecular weight is 307 g/mol. The summed E-state index contributed by atoms with van der Waals surface area (Å²) in [4.78, 5) is 12.4. The third-order valence-electron chi connectivity index (χ3n) is 3.66. The standard InChI is InChI=1S/C18H17N3O2/c1-21-9-5-8-15(21)12-19-20-18(22)16-10-13-6-3-4-7-14(13)11-17(16)23-2/h3-12H,1-2H3,(H,20,22)/b19-12-. The van der Waals surface area contributed by atoms with Crippen LogP contribution in [0.1, 0.15) is 16.1 Å². The van der Waals surface area contributed by atoms with Crippen LogP contribution in [0.5, 0.6) is 5.75 Å². The molecule has 0 unspecified atom stereocenters. The molecule has 5 heteroatoms. The van der Waals surface area contributed by atoms with Crippen molar-refractivity contribution >= 4 is 22.9 Å². The van der Waals surface area contributed by atoms with E-state index in [2.05, 4.69) is 10.5 Å². The van der Waals surface area contributed by atoms with E-state index in [4.69, 9.17) is 4.74 Å². The van der Waals surface area contributed by atoms with Gasteiger partial charge >= 0.3 is 0 Å². The summed E-state index contributed by atoms with van der Waals surface area (Å²) in [5.74, 6) is 0.216. The van der Waals surface area contributed by atoms with Gasteiger partial charge in [0.25, 0.3) is 5.91 Å². The SMILES string of the molecule is COc1cc2ccccc2cc1C(=O)N/N=C\c1cccn1C. The van der Waals surface area contributed by atoms with Crippen molar-refractivity contribution in [2.24, 2.45) is 12.1 Å². The first kappa shape index (κ1) is 14.8. The Morgan fingerprint density at radius 3 is 2.57 bits per heavy atom. The second-order valence-electron chi connectivity index (χ2n) is 5.14. The molecule has 23 heavy (non-hydrogen) atoms. The lowest BCUT2D eigenvalue weighted by Crippen LogP contribution is -2.18. The number of ether oxygens (including phenoxy) is 1. The van der Waals surface area contributed by atoms with Crippen molar-refractivity contribution in [1.82, 2.24) is 9.99 Å². The summed E-state index contributed by atoms with van der Waals surface area (Å²) in [7, 11) is 3.46. The van der Waals surface area contributed by atoms with E-state index in [1.807, 2.05) is 66.3 Å². The number of aryl methyl sites for hydroxylation is 1. The number of methoxy groups -OCH3 is 1. The predicted molar refractivity (Wildman–Crippen MR) is 91.0 cm³/mol. The first-order valence-corrected chi connectivity index (χ1v) is 7.20. The Hall–Kier alpha value is -3.08. The van der Waals surface area contributed by atoms with Crippen LogP contribution < -0.4 is 10.2 Å². The number of hydrogen-bond acceptors (Lipinski definition) is 3. The molecule has 0 radical (unpaired) electrons. The van der Waals surface area contributed by atoms with Crippen molar-refractivity contribution in [3.8, 4) is 5.75 Å². The van der Waals surface area contributed by atoms with Gasteiger partial charge in [0.2, 0.25) is 0 Å². The number of nitrogens with zero attached hydrogens (tertiary/aromatic N) is 2. The first-order valence-electron chi connectivity index (χ1n) is 7.20. The minimum Gasteiger partial charge on any atom is -0.496 e. The van der Waals surface area contributed by atoms with Gasteiger partial charge in [-0.25, -0.2) is 5.43 Å². The maximum Gasteiger partial charge on any atom is 0.275 e. The van der Waals surface area contributed by atoms with Crippen molar-refractivity contribution in [1.29, 1.82) is 0 Å². The monoisotopic (exact) mass is 307 g/mol. The lowest BCUT2D eigenvalue weighted by Gasteiger charge is -2.09. The summed E-state index contributed by atoms with van der Waals surface area (Å²) in [5, 5.41) is 6.00. The predicted octanol–water partition coefficient (Wildman–Crippen LogP) is 2.95. The molecule has 0 saturated carbocycles. The van der Waals surface area contributed by atoms with Crippen molar-refractivity contribution in [3.63, 3.8) is 0 Å². The summed E-state index contributed by atoms with van der Waals surface area (Å²) in [6.45, 7) is 0. The Bertz CT molecular complexity index is 881. The molecule has 0 saturated heterocycles. The topological polar surface area (TPSA) is 55.6 Å². The van der Waals surface area contributed by atoms with Gasteiger partial charge in [-0.1, -0.05) is 24.3 Å². The molecular formula is C18H17N3O2. The van der Waals surface area contributed by atoms with Gasteiger partial charge in [0, 0.05) is 13.2 Å². The molecule has 3 rings (SSSR count). The minimum atomic E-state index is -0.307. The zero-order valence-corrected chi connectivity index (χ0v) is 13.0. The third-order valence-corrected chi connectivity index (χ3v) is 3.66.